The van der Waals surface area contributed by atoms with Crippen molar-refractivity contribution in [2.24, 2.45) is 10.8 Å². The normalized spacial score (nSPS) is 27.1. The first-order valence-electron chi connectivity index (χ1n) is 14.0. The number of hydrogen-bond acceptors (Lipinski definition) is 4. The zero-order chi connectivity index (χ0) is 26.0. The van der Waals surface area contributed by atoms with Gasteiger partial charge in [-0.25, -0.2) is 4.79 Å². The summed E-state index contributed by atoms with van der Waals surface area (Å²) in [5.74, 6) is 0. The van der Waals surface area contributed by atoms with E-state index in [0.29, 0.717) is 23.4 Å². The van der Waals surface area contributed by atoms with E-state index >= 15 is 0 Å². The van der Waals surface area contributed by atoms with Crippen molar-refractivity contribution < 1.29 is 9.90 Å². The molecular formula is C31H44N4O2. The van der Waals surface area contributed by atoms with Crippen LogP contribution in [-0.2, 0) is 0 Å². The number of likely N-dealkylation sites (tertiary alicyclic amines) is 2. The van der Waals surface area contributed by atoms with Crippen molar-refractivity contribution in [3.05, 3.63) is 54.6 Å². The number of carbonyl (C=O) groups is 1. The molecule has 3 N–H and O–H groups in total. The minimum absolute atomic E-state index is 0.150. The number of aliphatic hydroxyl groups excluding tert-OH is 1. The van der Waals surface area contributed by atoms with Crippen LogP contribution in [-0.4, -0.2) is 71.8 Å². The second-order valence-electron chi connectivity index (χ2n) is 12.9. The maximum absolute atomic E-state index is 12.8. The maximum Gasteiger partial charge on any atom is 0.319 e. The van der Waals surface area contributed by atoms with Gasteiger partial charge in [-0.3, -0.25) is 4.90 Å². The molecule has 0 spiro atoms. The van der Waals surface area contributed by atoms with E-state index < -0.39 is 0 Å². The van der Waals surface area contributed by atoms with E-state index in [2.05, 4.69) is 53.3 Å². The summed E-state index contributed by atoms with van der Waals surface area (Å²) in [6.07, 6.45) is 5.28. The highest BCUT2D eigenvalue weighted by Crippen LogP contribution is 2.52. The number of carbonyl (C=O) groups excluding carboxylic acids is 1. The lowest BCUT2D eigenvalue weighted by Gasteiger charge is -2.40. The van der Waals surface area contributed by atoms with Gasteiger partial charge in [0.15, 0.2) is 0 Å². The number of amides is 2. The van der Waals surface area contributed by atoms with Gasteiger partial charge in [0, 0.05) is 50.4 Å². The Bertz CT molecular complexity index is 1070. The Morgan fingerprint density at radius 1 is 1.00 bits per heavy atom. The van der Waals surface area contributed by atoms with Crippen molar-refractivity contribution in [1.82, 2.24) is 15.1 Å². The molecule has 1 unspecified atom stereocenters. The molecule has 1 saturated carbocycles. The molecule has 6 heteroatoms. The highest BCUT2D eigenvalue weighted by molar-refractivity contribution is 5.94. The van der Waals surface area contributed by atoms with Crippen molar-refractivity contribution in [1.29, 1.82) is 0 Å². The van der Waals surface area contributed by atoms with Gasteiger partial charge in [-0.1, -0.05) is 69.3 Å². The molecule has 2 aromatic rings. The van der Waals surface area contributed by atoms with Crippen LogP contribution in [0.1, 0.15) is 52.9 Å². The predicted octanol–water partition coefficient (Wildman–Crippen LogP) is 5.20. The number of nitrogens with zero attached hydrogens (tertiary/aromatic N) is 2. The van der Waals surface area contributed by atoms with E-state index in [1.165, 1.54) is 19.3 Å². The van der Waals surface area contributed by atoms with Gasteiger partial charge < -0.3 is 20.6 Å². The first-order chi connectivity index (χ1) is 17.7. The van der Waals surface area contributed by atoms with Gasteiger partial charge in [0.05, 0.1) is 11.8 Å². The van der Waals surface area contributed by atoms with Crippen LogP contribution in [0.3, 0.4) is 0 Å². The zero-order valence-corrected chi connectivity index (χ0v) is 22.7. The lowest BCUT2D eigenvalue weighted by Crippen LogP contribution is -2.49. The molecule has 2 saturated heterocycles. The number of fused-ring (bicyclic) bond motifs is 2. The quantitative estimate of drug-likeness (QED) is 0.485. The molecule has 2 aliphatic heterocycles. The number of benzene rings is 2. The lowest BCUT2D eigenvalue weighted by atomic mass is 9.65. The molecule has 200 valence electrons. The molecule has 5 rings (SSSR count). The monoisotopic (exact) mass is 504 g/mol. The minimum atomic E-state index is -0.326. The molecule has 6 nitrogen and oxygen atoms in total. The summed E-state index contributed by atoms with van der Waals surface area (Å²) >= 11 is 0. The fraction of sp³-hybridized carbons (Fsp3) is 0.581. The van der Waals surface area contributed by atoms with E-state index in [4.69, 9.17) is 0 Å². The van der Waals surface area contributed by atoms with Crippen LogP contribution in [0.4, 0.5) is 10.5 Å². The highest BCUT2D eigenvalue weighted by Gasteiger charge is 2.49. The molecule has 37 heavy (non-hydrogen) atoms. The Morgan fingerprint density at radius 2 is 1.70 bits per heavy atom. The second kappa shape index (κ2) is 10.8. The SMILES string of the molecule is CC1(C)C[C@H]2C[C@@](C)(CN2CC(O)CN2CCC(NC(=O)Nc3ccccc3-c3ccccc3)CC2)C1. The van der Waals surface area contributed by atoms with Crippen molar-refractivity contribution in [3.8, 4) is 11.1 Å². The highest BCUT2D eigenvalue weighted by atomic mass is 16.3. The Hall–Kier alpha value is -2.41. The van der Waals surface area contributed by atoms with Gasteiger partial charge in [0.2, 0.25) is 0 Å². The number of urea groups is 1. The third-order valence-corrected chi connectivity index (χ3v) is 8.62. The topological polar surface area (TPSA) is 67.8 Å². The van der Waals surface area contributed by atoms with Crippen LogP contribution in [0.5, 0.6) is 0 Å². The number of β-amino-alcohol motifs (C(OH)–C–C–N with tert-alkyl or cyclic N) is 1. The predicted molar refractivity (Wildman–Crippen MR) is 151 cm³/mol. The van der Waals surface area contributed by atoms with Crippen LogP contribution in [0.25, 0.3) is 11.1 Å². The number of nitrogens with one attached hydrogen (secondary N) is 2. The Kier molecular flexibility index (Phi) is 7.62. The van der Waals surface area contributed by atoms with Crippen LogP contribution in [0, 0.1) is 10.8 Å². The van der Waals surface area contributed by atoms with Crippen LogP contribution < -0.4 is 10.6 Å². The lowest BCUT2D eigenvalue weighted by molar-refractivity contribution is 0.0552. The molecule has 3 aliphatic rings. The zero-order valence-electron chi connectivity index (χ0n) is 22.7. The van der Waals surface area contributed by atoms with Crippen molar-refractivity contribution in [2.75, 3.05) is 38.0 Å². The second-order valence-corrected chi connectivity index (χ2v) is 12.9. The van der Waals surface area contributed by atoms with E-state index in [1.54, 1.807) is 0 Å². The number of rotatable bonds is 7. The molecule has 3 fully saturated rings. The third-order valence-electron chi connectivity index (χ3n) is 8.62. The summed E-state index contributed by atoms with van der Waals surface area (Å²) in [4.78, 5) is 17.7. The van der Waals surface area contributed by atoms with Crippen LogP contribution in [0.2, 0.25) is 0 Å². The van der Waals surface area contributed by atoms with Crippen LogP contribution >= 0.6 is 0 Å². The molecule has 0 aromatic heterocycles. The van der Waals surface area contributed by atoms with Crippen molar-refractivity contribution >= 4 is 11.7 Å². The summed E-state index contributed by atoms with van der Waals surface area (Å²) < 4.78 is 0. The molecule has 0 radical (unpaired) electrons. The fourth-order valence-electron chi connectivity index (χ4n) is 7.48. The van der Waals surface area contributed by atoms with Gasteiger partial charge in [0.25, 0.3) is 0 Å². The number of para-hydroxylation sites is 1. The minimum Gasteiger partial charge on any atom is -0.390 e. The summed E-state index contributed by atoms with van der Waals surface area (Å²) in [5.41, 5.74) is 3.72. The molecule has 2 aromatic carbocycles. The van der Waals surface area contributed by atoms with Gasteiger partial charge in [0.1, 0.15) is 0 Å². The summed E-state index contributed by atoms with van der Waals surface area (Å²) in [6.45, 7) is 11.6. The molecule has 2 bridgehead atoms. The summed E-state index contributed by atoms with van der Waals surface area (Å²) in [6, 6.07) is 18.7. The van der Waals surface area contributed by atoms with E-state index in [0.717, 1.165) is 55.8 Å². The number of anilines is 1. The number of hydrogen-bond donors (Lipinski definition) is 3. The Labute approximate surface area is 222 Å². The van der Waals surface area contributed by atoms with Gasteiger partial charge in [-0.2, -0.15) is 0 Å². The van der Waals surface area contributed by atoms with Gasteiger partial charge >= 0.3 is 6.03 Å². The average Bonchev–Trinajstić information content (AvgIpc) is 3.08. The average molecular weight is 505 g/mol. The van der Waals surface area contributed by atoms with Gasteiger partial charge in [-0.05, 0) is 54.6 Å². The summed E-state index contributed by atoms with van der Waals surface area (Å²) in [7, 11) is 0. The first kappa shape index (κ1) is 26.2. The molecular weight excluding hydrogens is 460 g/mol. The van der Waals surface area contributed by atoms with Gasteiger partial charge in [-0.15, -0.1) is 0 Å². The molecule has 2 heterocycles. The van der Waals surface area contributed by atoms with E-state index in [1.807, 2.05) is 42.5 Å². The first-order valence-corrected chi connectivity index (χ1v) is 14.0. The molecule has 1 aliphatic carbocycles. The Morgan fingerprint density at radius 3 is 2.46 bits per heavy atom. The number of aliphatic hydroxyl groups is 1. The number of piperidine rings is 1. The smallest absolute Gasteiger partial charge is 0.319 e. The largest absolute Gasteiger partial charge is 0.390 e. The molecule has 3 atom stereocenters. The standard InChI is InChI=1S/C31H44N4O2/c1-30(2)17-25-18-31(3,21-30)22-35(25)20-26(36)19-34-15-13-24(14-16-34)32-29(37)33-28-12-8-7-11-27(28)23-9-5-4-6-10-23/h4-12,24-26,36H,13-22H2,1-3H3,(H2,32,33,37)/t25-,26?,31+/m0/s1. The van der Waals surface area contributed by atoms with E-state index in [-0.39, 0.29) is 18.2 Å². The maximum atomic E-state index is 12.8. The summed E-state index contributed by atoms with van der Waals surface area (Å²) in [5, 5.41) is 17.2. The van der Waals surface area contributed by atoms with E-state index in [9.17, 15) is 9.90 Å². The Balaban J connectivity index is 1.06. The molecule has 2 amide bonds. The van der Waals surface area contributed by atoms with Crippen LogP contribution in [0.15, 0.2) is 54.6 Å². The van der Waals surface area contributed by atoms with Crippen molar-refractivity contribution in [2.45, 2.75) is 71.1 Å². The van der Waals surface area contributed by atoms with Crippen molar-refractivity contribution in [3.63, 3.8) is 0 Å². The fourth-order valence-corrected chi connectivity index (χ4v) is 7.48. The third kappa shape index (κ3) is 6.54.